The molecular formula is C21H19N3O4S. The van der Waals surface area contributed by atoms with Crippen molar-refractivity contribution in [2.45, 2.75) is 30.7 Å². The van der Waals surface area contributed by atoms with E-state index in [2.05, 4.69) is 10.3 Å². The average Bonchev–Trinajstić information content (AvgIpc) is 3.56. The third-order valence-electron chi connectivity index (χ3n) is 4.44. The van der Waals surface area contributed by atoms with E-state index in [1.165, 1.54) is 18.7 Å². The number of rotatable bonds is 7. The standard InChI is InChI=1S/C21H19N3O4S/c1-12(25)14-5-3-4-6-17(14)23-19(26)11-28-21(27)15-9-18(13-7-8-13)24-20(29-2)16(15)10-22/h3-6,9,13H,7-8,11H2,1-2H3,(H,23,26). The number of nitriles is 1. The van der Waals surface area contributed by atoms with E-state index in [1.54, 1.807) is 36.6 Å². The summed E-state index contributed by atoms with van der Waals surface area (Å²) in [6.45, 7) is 0.865. The highest BCUT2D eigenvalue weighted by Crippen LogP contribution is 2.40. The fraction of sp³-hybridized carbons (Fsp3) is 0.286. The van der Waals surface area contributed by atoms with E-state index in [9.17, 15) is 19.6 Å². The molecule has 1 fully saturated rings. The zero-order valence-electron chi connectivity index (χ0n) is 16.0. The number of nitrogens with zero attached hydrogens (tertiary/aromatic N) is 2. The van der Waals surface area contributed by atoms with Crippen LogP contribution in [-0.4, -0.2) is 35.5 Å². The maximum Gasteiger partial charge on any atom is 0.340 e. The summed E-state index contributed by atoms with van der Waals surface area (Å²) in [5, 5.41) is 12.5. The van der Waals surface area contributed by atoms with Crippen LogP contribution < -0.4 is 5.32 Å². The van der Waals surface area contributed by atoms with Gasteiger partial charge in [0.1, 0.15) is 11.1 Å². The van der Waals surface area contributed by atoms with Crippen molar-refractivity contribution in [3.05, 3.63) is 52.7 Å². The maximum atomic E-state index is 12.6. The molecule has 1 amide bonds. The summed E-state index contributed by atoms with van der Waals surface area (Å²) >= 11 is 1.29. The van der Waals surface area contributed by atoms with Crippen molar-refractivity contribution in [2.24, 2.45) is 0 Å². The third kappa shape index (κ3) is 4.81. The number of thioether (sulfide) groups is 1. The van der Waals surface area contributed by atoms with Crippen LogP contribution in [-0.2, 0) is 9.53 Å². The molecule has 0 bridgehead atoms. The van der Waals surface area contributed by atoms with Crippen LogP contribution in [0, 0.1) is 11.3 Å². The first-order valence-electron chi connectivity index (χ1n) is 9.00. The summed E-state index contributed by atoms with van der Waals surface area (Å²) in [7, 11) is 0. The van der Waals surface area contributed by atoms with Gasteiger partial charge >= 0.3 is 5.97 Å². The molecule has 1 aliphatic rings. The zero-order chi connectivity index (χ0) is 21.0. The molecule has 2 aromatic rings. The van der Waals surface area contributed by atoms with Crippen molar-refractivity contribution in [3.63, 3.8) is 0 Å². The van der Waals surface area contributed by atoms with Gasteiger partial charge in [-0.3, -0.25) is 9.59 Å². The molecule has 0 unspecified atom stereocenters. The Morgan fingerprint density at radius 1 is 1.28 bits per heavy atom. The van der Waals surface area contributed by atoms with Gasteiger partial charge in [-0.1, -0.05) is 12.1 Å². The van der Waals surface area contributed by atoms with E-state index >= 15 is 0 Å². The smallest absolute Gasteiger partial charge is 0.340 e. The molecule has 1 saturated carbocycles. The number of esters is 1. The number of para-hydroxylation sites is 1. The minimum absolute atomic E-state index is 0.116. The van der Waals surface area contributed by atoms with Crippen molar-refractivity contribution in [1.29, 1.82) is 5.26 Å². The second kappa shape index (κ2) is 8.88. The fourth-order valence-corrected chi connectivity index (χ4v) is 3.40. The van der Waals surface area contributed by atoms with Gasteiger partial charge in [-0.15, -0.1) is 11.8 Å². The van der Waals surface area contributed by atoms with Gasteiger partial charge in [0, 0.05) is 17.2 Å². The molecule has 1 N–H and O–H groups in total. The van der Waals surface area contributed by atoms with Crippen LogP contribution >= 0.6 is 11.8 Å². The van der Waals surface area contributed by atoms with Gasteiger partial charge < -0.3 is 10.1 Å². The first kappa shape index (κ1) is 20.6. The number of carbonyl (C=O) groups is 3. The molecule has 0 spiro atoms. The Hall–Kier alpha value is -3.18. The number of anilines is 1. The molecule has 1 aliphatic carbocycles. The van der Waals surface area contributed by atoms with Gasteiger partial charge in [-0.05, 0) is 44.2 Å². The quantitative estimate of drug-likeness (QED) is 0.423. The Bertz CT molecular complexity index is 1030. The summed E-state index contributed by atoms with van der Waals surface area (Å²) in [6.07, 6.45) is 3.78. The number of ether oxygens (including phenoxy) is 1. The second-order valence-electron chi connectivity index (χ2n) is 6.59. The number of pyridine rings is 1. The SMILES string of the molecule is CSc1nc(C2CC2)cc(C(=O)OCC(=O)Nc2ccccc2C(C)=O)c1C#N. The van der Waals surface area contributed by atoms with Crippen LogP contribution in [0.5, 0.6) is 0 Å². The monoisotopic (exact) mass is 409 g/mol. The number of aromatic nitrogens is 1. The molecule has 7 nitrogen and oxygen atoms in total. The number of hydrogen-bond acceptors (Lipinski definition) is 7. The van der Waals surface area contributed by atoms with Crippen LogP contribution in [0.4, 0.5) is 5.69 Å². The number of nitrogens with one attached hydrogen (secondary N) is 1. The zero-order valence-corrected chi connectivity index (χ0v) is 16.8. The summed E-state index contributed by atoms with van der Waals surface area (Å²) < 4.78 is 5.14. The fourth-order valence-electron chi connectivity index (χ4n) is 2.84. The molecule has 1 heterocycles. The van der Waals surface area contributed by atoms with Crippen LogP contribution in [0.3, 0.4) is 0 Å². The van der Waals surface area contributed by atoms with Gasteiger partial charge in [0.05, 0.1) is 16.8 Å². The maximum absolute atomic E-state index is 12.6. The summed E-state index contributed by atoms with van der Waals surface area (Å²) in [5.41, 5.74) is 1.75. The molecule has 3 rings (SSSR count). The molecule has 0 atom stereocenters. The number of Topliss-reactive ketones (excluding diaryl/α,β-unsaturated/α-hetero) is 1. The summed E-state index contributed by atoms with van der Waals surface area (Å²) in [5.74, 6) is -1.22. The van der Waals surface area contributed by atoms with E-state index in [1.807, 2.05) is 6.07 Å². The van der Waals surface area contributed by atoms with Crippen LogP contribution in [0.25, 0.3) is 0 Å². The van der Waals surface area contributed by atoms with E-state index in [0.29, 0.717) is 22.2 Å². The lowest BCUT2D eigenvalue weighted by Crippen LogP contribution is -2.22. The lowest BCUT2D eigenvalue weighted by atomic mass is 10.1. The average molecular weight is 409 g/mol. The molecule has 29 heavy (non-hydrogen) atoms. The number of carbonyl (C=O) groups excluding carboxylic acids is 3. The van der Waals surface area contributed by atoms with Gasteiger partial charge in [0.2, 0.25) is 0 Å². The summed E-state index contributed by atoms with van der Waals surface area (Å²) in [4.78, 5) is 40.9. The Morgan fingerprint density at radius 2 is 2.00 bits per heavy atom. The van der Waals surface area contributed by atoms with Crippen LogP contribution in [0.1, 0.15) is 57.7 Å². The molecule has 0 radical (unpaired) electrons. The Labute approximate surface area is 172 Å². The minimum atomic E-state index is -0.754. The second-order valence-corrected chi connectivity index (χ2v) is 7.39. The van der Waals surface area contributed by atoms with Crippen molar-refractivity contribution >= 4 is 35.1 Å². The lowest BCUT2D eigenvalue weighted by molar-refractivity contribution is -0.119. The van der Waals surface area contributed by atoms with E-state index in [0.717, 1.165) is 18.5 Å². The van der Waals surface area contributed by atoms with Crippen molar-refractivity contribution in [1.82, 2.24) is 4.98 Å². The Morgan fingerprint density at radius 3 is 2.62 bits per heavy atom. The molecule has 8 heteroatoms. The number of benzene rings is 1. The highest BCUT2D eigenvalue weighted by molar-refractivity contribution is 7.98. The van der Waals surface area contributed by atoms with Gasteiger partial charge in [0.25, 0.3) is 5.91 Å². The van der Waals surface area contributed by atoms with Crippen molar-refractivity contribution < 1.29 is 19.1 Å². The highest BCUT2D eigenvalue weighted by atomic mass is 32.2. The van der Waals surface area contributed by atoms with E-state index < -0.39 is 18.5 Å². The molecule has 1 aromatic carbocycles. The first-order chi connectivity index (χ1) is 13.9. The van der Waals surface area contributed by atoms with Gasteiger partial charge in [-0.2, -0.15) is 5.26 Å². The third-order valence-corrected chi connectivity index (χ3v) is 5.12. The van der Waals surface area contributed by atoms with E-state index in [-0.39, 0.29) is 16.9 Å². The number of ketones is 1. The Kier molecular flexibility index (Phi) is 6.29. The number of amides is 1. The normalized spacial score (nSPS) is 12.7. The predicted molar refractivity (Wildman–Crippen MR) is 108 cm³/mol. The van der Waals surface area contributed by atoms with Crippen molar-refractivity contribution in [3.8, 4) is 6.07 Å². The van der Waals surface area contributed by atoms with Crippen LogP contribution in [0.15, 0.2) is 35.4 Å². The van der Waals surface area contributed by atoms with Gasteiger partial charge in [0.15, 0.2) is 12.4 Å². The van der Waals surface area contributed by atoms with Crippen LogP contribution in [0.2, 0.25) is 0 Å². The van der Waals surface area contributed by atoms with E-state index in [4.69, 9.17) is 4.74 Å². The minimum Gasteiger partial charge on any atom is -0.452 e. The summed E-state index contributed by atoms with van der Waals surface area (Å²) in [6, 6.07) is 10.2. The molecule has 1 aromatic heterocycles. The largest absolute Gasteiger partial charge is 0.452 e. The molecular weight excluding hydrogens is 390 g/mol. The topological polar surface area (TPSA) is 109 Å². The number of hydrogen-bond donors (Lipinski definition) is 1. The first-order valence-corrected chi connectivity index (χ1v) is 10.2. The molecule has 0 aliphatic heterocycles. The Balaban J connectivity index is 1.73. The lowest BCUT2D eigenvalue weighted by Gasteiger charge is -2.11. The predicted octanol–water partition coefficient (Wildman–Crippen LogP) is 3.55. The molecule has 148 valence electrons. The van der Waals surface area contributed by atoms with Gasteiger partial charge in [-0.25, -0.2) is 9.78 Å². The van der Waals surface area contributed by atoms with Crippen molar-refractivity contribution in [2.75, 3.05) is 18.2 Å². The highest BCUT2D eigenvalue weighted by Gasteiger charge is 2.29. The molecule has 0 saturated heterocycles.